The summed E-state index contributed by atoms with van der Waals surface area (Å²) in [5.74, 6) is 0.0105. The van der Waals surface area contributed by atoms with Crippen LogP contribution in [0.5, 0.6) is 0 Å². The number of carbonyl (C=O) groups excluding carboxylic acids is 1. The molecule has 20 heavy (non-hydrogen) atoms. The summed E-state index contributed by atoms with van der Waals surface area (Å²) in [6.45, 7) is 4.71. The summed E-state index contributed by atoms with van der Waals surface area (Å²) in [6.07, 6.45) is 1.72. The van der Waals surface area contributed by atoms with Gasteiger partial charge in [0.1, 0.15) is 4.60 Å². The molecular weight excluding hydrogens is 340 g/mol. The Balaban J connectivity index is 2.03. The van der Waals surface area contributed by atoms with Crippen molar-refractivity contribution in [1.29, 1.82) is 0 Å². The normalized spacial score (nSPS) is 10.3. The number of carbonyl (C=O) groups is 1. The molecule has 1 amide bonds. The van der Waals surface area contributed by atoms with Crippen LogP contribution < -0.4 is 10.2 Å². The summed E-state index contributed by atoms with van der Waals surface area (Å²) in [5, 5.41) is 5.95. The lowest BCUT2D eigenvalue weighted by Crippen LogP contribution is -2.27. The van der Waals surface area contributed by atoms with Crippen molar-refractivity contribution in [3.8, 4) is 0 Å². The molecule has 0 unspecified atom stereocenters. The van der Waals surface area contributed by atoms with Crippen molar-refractivity contribution in [2.45, 2.75) is 20.4 Å². The average molecular weight is 355 g/mol. The predicted octanol–water partition coefficient (Wildman–Crippen LogP) is 3.29. The Labute approximate surface area is 130 Å². The van der Waals surface area contributed by atoms with E-state index < -0.39 is 0 Å². The second kappa shape index (κ2) is 6.81. The van der Waals surface area contributed by atoms with E-state index >= 15 is 0 Å². The van der Waals surface area contributed by atoms with Gasteiger partial charge < -0.3 is 5.32 Å². The molecule has 0 bridgehead atoms. The van der Waals surface area contributed by atoms with E-state index in [2.05, 4.69) is 31.2 Å². The number of hydrogen-bond donors (Lipinski definition) is 1. The molecule has 2 rings (SSSR count). The predicted molar refractivity (Wildman–Crippen MR) is 85.1 cm³/mol. The summed E-state index contributed by atoms with van der Waals surface area (Å²) >= 11 is 4.86. The Bertz CT molecular complexity index is 602. The first kappa shape index (κ1) is 14.9. The molecule has 0 aliphatic heterocycles. The minimum atomic E-state index is 0.0105. The Morgan fingerprint density at radius 3 is 3.00 bits per heavy atom. The highest BCUT2D eigenvalue weighted by Crippen LogP contribution is 2.23. The van der Waals surface area contributed by atoms with Gasteiger partial charge in [-0.1, -0.05) is 0 Å². The number of nitrogens with one attached hydrogen (secondary N) is 1. The van der Waals surface area contributed by atoms with Crippen LogP contribution in [0, 0.1) is 0 Å². The van der Waals surface area contributed by atoms with Crippen LogP contribution in [0.15, 0.2) is 28.3 Å². The minimum absolute atomic E-state index is 0.0105. The molecule has 2 heterocycles. The van der Waals surface area contributed by atoms with E-state index in [9.17, 15) is 4.79 Å². The fourth-order valence-corrected chi connectivity index (χ4v) is 3.02. The minimum Gasteiger partial charge on any atom is -0.377 e. The van der Waals surface area contributed by atoms with Crippen molar-refractivity contribution in [3.63, 3.8) is 0 Å². The van der Waals surface area contributed by atoms with Crippen LogP contribution in [0.2, 0.25) is 0 Å². The standard InChI is InChI=1S/C13H15BrN4OS/c1-3-18(9(2)19)13-17-10(8-20-13)7-16-11-5-4-6-15-12(11)14/h4-6,8,16H,3,7H2,1-2H3. The van der Waals surface area contributed by atoms with E-state index in [0.29, 0.717) is 13.1 Å². The fourth-order valence-electron chi connectivity index (χ4n) is 1.70. The van der Waals surface area contributed by atoms with Crippen LogP contribution in [-0.2, 0) is 11.3 Å². The van der Waals surface area contributed by atoms with Gasteiger partial charge in [0.15, 0.2) is 5.13 Å². The van der Waals surface area contributed by atoms with Crippen molar-refractivity contribution in [1.82, 2.24) is 9.97 Å². The average Bonchev–Trinajstić information content (AvgIpc) is 2.87. The molecule has 0 saturated heterocycles. The second-order valence-corrected chi connectivity index (χ2v) is 5.67. The largest absolute Gasteiger partial charge is 0.377 e. The van der Waals surface area contributed by atoms with Crippen molar-refractivity contribution in [3.05, 3.63) is 34.0 Å². The number of nitrogens with zero attached hydrogens (tertiary/aromatic N) is 3. The van der Waals surface area contributed by atoms with Gasteiger partial charge in [0.05, 0.1) is 17.9 Å². The van der Waals surface area contributed by atoms with Gasteiger partial charge in [-0.15, -0.1) is 11.3 Å². The molecule has 0 radical (unpaired) electrons. The van der Waals surface area contributed by atoms with Gasteiger partial charge in [-0.2, -0.15) is 0 Å². The van der Waals surface area contributed by atoms with Gasteiger partial charge in [-0.05, 0) is 35.0 Å². The molecule has 0 spiro atoms. The van der Waals surface area contributed by atoms with Crippen LogP contribution in [0.4, 0.5) is 10.8 Å². The molecule has 0 aromatic carbocycles. The van der Waals surface area contributed by atoms with Crippen molar-refractivity contribution in [2.24, 2.45) is 0 Å². The van der Waals surface area contributed by atoms with Gasteiger partial charge in [0.2, 0.25) is 5.91 Å². The highest BCUT2D eigenvalue weighted by atomic mass is 79.9. The zero-order valence-corrected chi connectivity index (χ0v) is 13.7. The molecule has 106 valence electrons. The third kappa shape index (κ3) is 3.55. The van der Waals surface area contributed by atoms with E-state index in [4.69, 9.17) is 0 Å². The second-order valence-electron chi connectivity index (χ2n) is 4.08. The highest BCUT2D eigenvalue weighted by Gasteiger charge is 2.13. The van der Waals surface area contributed by atoms with Crippen LogP contribution in [0.3, 0.4) is 0 Å². The number of anilines is 2. The van der Waals surface area contributed by atoms with E-state index in [1.165, 1.54) is 11.3 Å². The molecule has 1 N–H and O–H groups in total. The molecule has 0 atom stereocenters. The number of aromatic nitrogens is 2. The number of amides is 1. The lowest BCUT2D eigenvalue weighted by Gasteiger charge is -2.14. The van der Waals surface area contributed by atoms with Gasteiger partial charge in [-0.3, -0.25) is 9.69 Å². The number of halogens is 1. The summed E-state index contributed by atoms with van der Waals surface area (Å²) < 4.78 is 0.773. The molecule has 7 heteroatoms. The monoisotopic (exact) mass is 354 g/mol. The number of rotatable bonds is 5. The molecule has 0 fully saturated rings. The molecule has 2 aromatic heterocycles. The Hall–Kier alpha value is -1.47. The summed E-state index contributed by atoms with van der Waals surface area (Å²) in [4.78, 5) is 21.7. The van der Waals surface area contributed by atoms with Crippen LogP contribution in [-0.4, -0.2) is 22.4 Å². The van der Waals surface area contributed by atoms with Gasteiger partial charge in [-0.25, -0.2) is 9.97 Å². The van der Waals surface area contributed by atoms with Gasteiger partial charge >= 0.3 is 0 Å². The van der Waals surface area contributed by atoms with Crippen LogP contribution in [0.1, 0.15) is 19.5 Å². The summed E-state index contributed by atoms with van der Waals surface area (Å²) in [7, 11) is 0. The number of pyridine rings is 1. The molecule has 0 aliphatic rings. The molecule has 0 saturated carbocycles. The van der Waals surface area contributed by atoms with E-state index in [1.54, 1.807) is 18.0 Å². The maximum Gasteiger partial charge on any atom is 0.225 e. The van der Waals surface area contributed by atoms with Gasteiger partial charge in [0, 0.05) is 25.0 Å². The van der Waals surface area contributed by atoms with Crippen molar-refractivity contribution in [2.75, 3.05) is 16.8 Å². The number of thiazole rings is 1. The van der Waals surface area contributed by atoms with Crippen LogP contribution in [0.25, 0.3) is 0 Å². The third-order valence-corrected chi connectivity index (χ3v) is 4.23. The highest BCUT2D eigenvalue weighted by molar-refractivity contribution is 9.10. The van der Waals surface area contributed by atoms with Crippen molar-refractivity contribution >= 4 is 44.0 Å². The smallest absolute Gasteiger partial charge is 0.225 e. The van der Waals surface area contributed by atoms with E-state index in [1.807, 2.05) is 24.4 Å². The summed E-state index contributed by atoms with van der Waals surface area (Å²) in [6, 6.07) is 3.81. The topological polar surface area (TPSA) is 58.1 Å². The molecular formula is C13H15BrN4OS. The zero-order chi connectivity index (χ0) is 14.5. The van der Waals surface area contributed by atoms with E-state index in [-0.39, 0.29) is 5.91 Å². The Morgan fingerprint density at radius 1 is 1.55 bits per heavy atom. The van der Waals surface area contributed by atoms with Crippen molar-refractivity contribution < 1.29 is 4.79 Å². The Morgan fingerprint density at radius 2 is 2.35 bits per heavy atom. The van der Waals surface area contributed by atoms with E-state index in [0.717, 1.165) is 21.1 Å². The maximum absolute atomic E-state index is 11.5. The lowest BCUT2D eigenvalue weighted by atomic mass is 10.4. The number of hydrogen-bond acceptors (Lipinski definition) is 5. The maximum atomic E-state index is 11.5. The molecule has 2 aromatic rings. The van der Waals surface area contributed by atoms with Crippen LogP contribution >= 0.6 is 27.3 Å². The first-order chi connectivity index (χ1) is 9.61. The molecule has 5 nitrogen and oxygen atoms in total. The SMILES string of the molecule is CCN(C(C)=O)c1nc(CNc2cccnc2Br)cs1. The Kier molecular flexibility index (Phi) is 5.08. The first-order valence-corrected chi connectivity index (χ1v) is 7.86. The third-order valence-electron chi connectivity index (χ3n) is 2.69. The quantitative estimate of drug-likeness (QED) is 0.837. The molecule has 0 aliphatic carbocycles. The first-order valence-electron chi connectivity index (χ1n) is 6.18. The lowest BCUT2D eigenvalue weighted by molar-refractivity contribution is -0.116. The van der Waals surface area contributed by atoms with Gasteiger partial charge in [0.25, 0.3) is 0 Å². The fraction of sp³-hybridized carbons (Fsp3) is 0.308. The summed E-state index contributed by atoms with van der Waals surface area (Å²) in [5.41, 5.74) is 1.82. The zero-order valence-electron chi connectivity index (χ0n) is 11.3.